The van der Waals surface area contributed by atoms with Gasteiger partial charge in [-0.1, -0.05) is 65.0 Å². The molecule has 1 fully saturated rings. The van der Waals surface area contributed by atoms with Gasteiger partial charge in [0.05, 0.1) is 6.10 Å². The van der Waals surface area contributed by atoms with Crippen molar-refractivity contribution in [1.82, 2.24) is 0 Å². The van der Waals surface area contributed by atoms with Gasteiger partial charge in [0, 0.05) is 12.5 Å². The van der Waals surface area contributed by atoms with Gasteiger partial charge in [0.2, 0.25) is 0 Å². The van der Waals surface area contributed by atoms with Crippen LogP contribution in [0.5, 0.6) is 5.75 Å². The zero-order chi connectivity index (χ0) is 19.9. The Hall–Kier alpha value is -1.06. The lowest BCUT2D eigenvalue weighted by atomic mass is 9.71. The molecule has 3 N–H and O–H groups in total. The first-order valence-corrected chi connectivity index (χ1v) is 11.0. The van der Waals surface area contributed by atoms with E-state index in [9.17, 15) is 15.3 Å². The quantitative estimate of drug-likeness (QED) is 0.462. The van der Waals surface area contributed by atoms with Gasteiger partial charge in [-0.25, -0.2) is 0 Å². The Labute approximate surface area is 165 Å². The van der Waals surface area contributed by atoms with Crippen LogP contribution in [0, 0.1) is 5.92 Å². The lowest BCUT2D eigenvalue weighted by Crippen LogP contribution is -2.31. The van der Waals surface area contributed by atoms with Crippen LogP contribution in [0.25, 0.3) is 0 Å². The van der Waals surface area contributed by atoms with Crippen molar-refractivity contribution in [2.75, 3.05) is 6.61 Å². The molecular formula is C24H40O3. The number of unbranched alkanes of at least 4 members (excludes halogenated alkanes) is 3. The Morgan fingerprint density at radius 1 is 1.07 bits per heavy atom. The SMILES string of the molecule is CCCCCCC(C)(C)c1ccc(C2C(O)CCCC2CCCO)c(O)c1. The molecule has 1 aliphatic carbocycles. The molecule has 3 unspecified atom stereocenters. The summed E-state index contributed by atoms with van der Waals surface area (Å²) in [5.41, 5.74) is 2.11. The largest absolute Gasteiger partial charge is 0.508 e. The number of aliphatic hydroxyl groups excluding tert-OH is 2. The van der Waals surface area contributed by atoms with E-state index in [1.165, 1.54) is 31.2 Å². The molecule has 3 heteroatoms. The van der Waals surface area contributed by atoms with Gasteiger partial charge < -0.3 is 15.3 Å². The smallest absolute Gasteiger partial charge is 0.119 e. The minimum atomic E-state index is -0.402. The molecule has 0 heterocycles. The van der Waals surface area contributed by atoms with Crippen LogP contribution in [0.3, 0.4) is 0 Å². The van der Waals surface area contributed by atoms with Gasteiger partial charge in [-0.3, -0.25) is 0 Å². The van der Waals surface area contributed by atoms with Crippen molar-refractivity contribution in [1.29, 1.82) is 0 Å². The Bertz CT molecular complexity index is 567. The normalized spacial score (nSPS) is 23.5. The van der Waals surface area contributed by atoms with Crippen molar-refractivity contribution in [2.24, 2.45) is 5.92 Å². The summed E-state index contributed by atoms with van der Waals surface area (Å²) in [6, 6.07) is 6.13. The first-order valence-electron chi connectivity index (χ1n) is 11.0. The zero-order valence-corrected chi connectivity index (χ0v) is 17.6. The van der Waals surface area contributed by atoms with E-state index in [1.807, 2.05) is 12.1 Å². The molecular weight excluding hydrogens is 336 g/mol. The number of phenolic OH excluding ortho intramolecular Hbond substituents is 1. The summed E-state index contributed by atoms with van der Waals surface area (Å²) in [6.07, 6.45) is 10.3. The van der Waals surface area contributed by atoms with Gasteiger partial charge in [-0.15, -0.1) is 0 Å². The molecule has 1 saturated carbocycles. The molecule has 0 amide bonds. The predicted molar refractivity (Wildman–Crippen MR) is 112 cm³/mol. The zero-order valence-electron chi connectivity index (χ0n) is 17.6. The van der Waals surface area contributed by atoms with Crippen molar-refractivity contribution in [2.45, 2.75) is 102 Å². The molecule has 3 nitrogen and oxygen atoms in total. The van der Waals surface area contributed by atoms with Crippen molar-refractivity contribution in [3.63, 3.8) is 0 Å². The van der Waals surface area contributed by atoms with Crippen molar-refractivity contribution in [3.05, 3.63) is 29.3 Å². The third kappa shape index (κ3) is 5.96. The number of hydrogen-bond acceptors (Lipinski definition) is 3. The third-order valence-corrected chi connectivity index (χ3v) is 6.56. The van der Waals surface area contributed by atoms with Crippen LogP contribution in [0.15, 0.2) is 18.2 Å². The van der Waals surface area contributed by atoms with Gasteiger partial charge in [0.25, 0.3) is 0 Å². The summed E-state index contributed by atoms with van der Waals surface area (Å²) in [7, 11) is 0. The van der Waals surface area contributed by atoms with E-state index >= 15 is 0 Å². The standard InChI is InChI=1S/C24H40O3/c1-4-5-6-7-15-24(2,3)19-13-14-20(22(27)17-19)23-18(11-9-16-25)10-8-12-21(23)26/h13-14,17-18,21,23,25-27H,4-12,15-16H2,1-3H3. The third-order valence-electron chi connectivity index (χ3n) is 6.56. The topological polar surface area (TPSA) is 60.7 Å². The molecule has 0 aromatic heterocycles. The maximum absolute atomic E-state index is 10.8. The minimum Gasteiger partial charge on any atom is -0.508 e. The van der Waals surface area contributed by atoms with Crippen LogP contribution in [0.1, 0.15) is 102 Å². The van der Waals surface area contributed by atoms with Gasteiger partial charge in [-0.05, 0) is 60.6 Å². The predicted octanol–water partition coefficient (Wildman–Crippen LogP) is 5.66. The van der Waals surface area contributed by atoms with Crippen molar-refractivity contribution in [3.8, 4) is 5.75 Å². The van der Waals surface area contributed by atoms with Crippen LogP contribution >= 0.6 is 0 Å². The van der Waals surface area contributed by atoms with E-state index in [1.54, 1.807) is 0 Å². The fourth-order valence-corrected chi connectivity index (χ4v) is 4.79. The summed E-state index contributed by atoms with van der Waals surface area (Å²) in [5, 5.41) is 30.6. The Morgan fingerprint density at radius 3 is 2.52 bits per heavy atom. The van der Waals surface area contributed by atoms with E-state index in [4.69, 9.17) is 0 Å². The molecule has 1 aromatic rings. The highest BCUT2D eigenvalue weighted by Crippen LogP contribution is 2.44. The van der Waals surface area contributed by atoms with Gasteiger partial charge >= 0.3 is 0 Å². The van der Waals surface area contributed by atoms with Crippen molar-refractivity contribution < 1.29 is 15.3 Å². The van der Waals surface area contributed by atoms with E-state index < -0.39 is 6.10 Å². The summed E-state index contributed by atoms with van der Waals surface area (Å²) in [4.78, 5) is 0. The first kappa shape index (κ1) is 22.2. The molecule has 2 rings (SSSR count). The Kier molecular flexibility index (Phi) is 8.62. The second-order valence-corrected chi connectivity index (χ2v) is 9.12. The summed E-state index contributed by atoms with van der Waals surface area (Å²) >= 11 is 0. The highest BCUT2D eigenvalue weighted by Gasteiger charge is 2.35. The lowest BCUT2D eigenvalue weighted by Gasteiger charge is -2.37. The van der Waals surface area contributed by atoms with E-state index in [-0.39, 0.29) is 17.9 Å². The Morgan fingerprint density at radius 2 is 1.85 bits per heavy atom. The maximum Gasteiger partial charge on any atom is 0.119 e. The summed E-state index contributed by atoms with van der Waals surface area (Å²) in [6.45, 7) is 6.94. The molecule has 0 bridgehead atoms. The number of rotatable bonds is 10. The Balaban J connectivity index is 2.16. The lowest BCUT2D eigenvalue weighted by molar-refractivity contribution is 0.0665. The van der Waals surface area contributed by atoms with E-state index in [0.29, 0.717) is 11.7 Å². The average molecular weight is 377 g/mol. The first-order chi connectivity index (χ1) is 12.9. The molecule has 0 spiro atoms. The summed E-state index contributed by atoms with van der Waals surface area (Å²) in [5.74, 6) is 0.640. The second-order valence-electron chi connectivity index (χ2n) is 9.12. The fraction of sp³-hybridized carbons (Fsp3) is 0.750. The van der Waals surface area contributed by atoms with Gasteiger partial charge in [-0.2, -0.15) is 0 Å². The number of aromatic hydroxyl groups is 1. The van der Waals surface area contributed by atoms with Crippen molar-refractivity contribution >= 4 is 0 Å². The molecule has 1 aliphatic rings. The average Bonchev–Trinajstić information content (AvgIpc) is 2.64. The van der Waals surface area contributed by atoms with Gasteiger partial charge in [0.1, 0.15) is 5.75 Å². The number of hydrogen-bond donors (Lipinski definition) is 3. The molecule has 27 heavy (non-hydrogen) atoms. The minimum absolute atomic E-state index is 0.0213. The summed E-state index contributed by atoms with van der Waals surface area (Å²) < 4.78 is 0. The maximum atomic E-state index is 10.8. The molecule has 3 atom stereocenters. The number of phenols is 1. The molecule has 154 valence electrons. The second kappa shape index (κ2) is 10.5. The monoisotopic (exact) mass is 376 g/mol. The number of benzene rings is 1. The highest BCUT2D eigenvalue weighted by molar-refractivity contribution is 5.42. The molecule has 1 aromatic carbocycles. The van der Waals surface area contributed by atoms with Crippen LogP contribution < -0.4 is 0 Å². The highest BCUT2D eigenvalue weighted by atomic mass is 16.3. The molecule has 0 radical (unpaired) electrons. The number of aliphatic hydroxyl groups is 2. The fourth-order valence-electron chi connectivity index (χ4n) is 4.79. The van der Waals surface area contributed by atoms with Crippen LogP contribution in [-0.4, -0.2) is 28.0 Å². The van der Waals surface area contributed by atoms with Gasteiger partial charge in [0.15, 0.2) is 0 Å². The van der Waals surface area contributed by atoms with Crippen LogP contribution in [0.2, 0.25) is 0 Å². The molecule has 0 saturated heterocycles. The molecule has 0 aliphatic heterocycles. The van der Waals surface area contributed by atoms with Crippen LogP contribution in [0.4, 0.5) is 0 Å². The van der Waals surface area contributed by atoms with E-state index in [0.717, 1.165) is 44.1 Å². The van der Waals surface area contributed by atoms with Crippen LogP contribution in [-0.2, 0) is 5.41 Å². The van der Waals surface area contributed by atoms with E-state index in [2.05, 4.69) is 26.8 Å².